The standard InChI is InChI=1S/C4H12B3F/c1-4(2,7-8)6-3-5/h6-7H,3,5H2,1-2H3. The average Bonchev–Trinajstić information content (AvgIpc) is 1.67. The van der Waals surface area contributed by atoms with E-state index in [4.69, 9.17) is 0 Å². The van der Waals surface area contributed by atoms with Gasteiger partial charge in [0.15, 0.2) is 0 Å². The lowest BCUT2D eigenvalue weighted by atomic mass is 9.39. The largest absolute Gasteiger partial charge is 0.342 e. The fraction of sp³-hybridized carbons (Fsp3) is 1.00. The summed E-state index contributed by atoms with van der Waals surface area (Å²) >= 11 is 0. The van der Waals surface area contributed by atoms with Gasteiger partial charge in [0, 0.05) is 0 Å². The summed E-state index contributed by atoms with van der Waals surface area (Å²) in [5.74, 6) is 0. The van der Waals surface area contributed by atoms with Crippen molar-refractivity contribution < 1.29 is 4.32 Å². The van der Waals surface area contributed by atoms with Crippen molar-refractivity contribution in [2.75, 3.05) is 0 Å². The smallest absolute Gasteiger partial charge is 0.329 e. The lowest BCUT2D eigenvalue weighted by molar-refractivity contribution is 0.781. The molecule has 0 unspecified atom stereocenters. The first-order chi connectivity index (χ1) is 3.62. The lowest BCUT2D eigenvalue weighted by Crippen LogP contribution is -2.17. The number of hydrogen-bond acceptors (Lipinski definition) is 0. The summed E-state index contributed by atoms with van der Waals surface area (Å²) in [7, 11) is 2.88. The Morgan fingerprint density at radius 3 is 2.25 bits per heavy atom. The highest BCUT2D eigenvalue weighted by Gasteiger charge is 2.19. The molecule has 0 spiro atoms. The van der Waals surface area contributed by atoms with Gasteiger partial charge in [-0.2, -0.15) is 0 Å². The molecule has 0 aliphatic heterocycles. The molecule has 0 saturated heterocycles. The molecule has 0 amide bonds. The second-order valence-electron chi connectivity index (χ2n) is 3.05. The van der Waals surface area contributed by atoms with Crippen LogP contribution in [0, 0.1) is 0 Å². The summed E-state index contributed by atoms with van der Waals surface area (Å²) < 4.78 is 12.0. The van der Waals surface area contributed by atoms with Crippen LogP contribution < -0.4 is 0 Å². The fourth-order valence-corrected chi connectivity index (χ4v) is 0.744. The Balaban J connectivity index is 3.37. The molecule has 0 aromatic rings. The Kier molecular flexibility index (Phi) is 3.26. The van der Waals surface area contributed by atoms with Gasteiger partial charge in [0.1, 0.15) is 7.28 Å². The highest BCUT2D eigenvalue weighted by Crippen LogP contribution is 2.20. The van der Waals surface area contributed by atoms with Crippen molar-refractivity contribution in [3.63, 3.8) is 0 Å². The predicted molar refractivity (Wildman–Crippen MR) is 42.8 cm³/mol. The van der Waals surface area contributed by atoms with Crippen molar-refractivity contribution in [1.29, 1.82) is 0 Å². The summed E-state index contributed by atoms with van der Waals surface area (Å²) in [5, 5.41) is -0.0747. The maximum absolute atomic E-state index is 12.0. The first kappa shape index (κ1) is 8.12. The van der Waals surface area contributed by atoms with E-state index in [0.29, 0.717) is 0 Å². The zero-order valence-corrected chi connectivity index (χ0v) is 6.00. The number of rotatable bonds is 3. The van der Waals surface area contributed by atoms with Crippen LogP contribution in [0.1, 0.15) is 13.8 Å². The van der Waals surface area contributed by atoms with E-state index >= 15 is 0 Å². The number of halogens is 1. The third kappa shape index (κ3) is 3.17. The summed E-state index contributed by atoms with van der Waals surface area (Å²) in [5.41, 5.74) is 0. The van der Waals surface area contributed by atoms with E-state index in [1.807, 2.05) is 13.8 Å². The molecule has 0 aromatic heterocycles. The SMILES string of the molecule is BCBC(C)(C)BF. The normalized spacial score (nSPS) is 10.9. The maximum Gasteiger partial charge on any atom is 0.329 e. The van der Waals surface area contributed by atoms with Crippen LogP contribution in [0.25, 0.3) is 0 Å². The van der Waals surface area contributed by atoms with Crippen LogP contribution in [0.3, 0.4) is 0 Å². The van der Waals surface area contributed by atoms with Gasteiger partial charge in [-0.05, 0) is 0 Å². The molecule has 0 fully saturated rings. The Hall–Kier alpha value is 0.125. The summed E-state index contributed by atoms with van der Waals surface area (Å²) in [6, 6.07) is 0. The van der Waals surface area contributed by atoms with Gasteiger partial charge in [0.2, 0.25) is 0 Å². The summed E-state index contributed by atoms with van der Waals surface area (Å²) in [6.45, 7) is 3.91. The molecule has 0 aliphatic rings. The Morgan fingerprint density at radius 2 is 2.12 bits per heavy atom. The van der Waals surface area contributed by atoms with E-state index < -0.39 is 0 Å². The van der Waals surface area contributed by atoms with E-state index in [2.05, 4.69) is 7.85 Å². The van der Waals surface area contributed by atoms with Crippen molar-refractivity contribution in [2.45, 2.75) is 25.3 Å². The molecular weight excluding hydrogens is 99.5 g/mol. The molecule has 0 atom stereocenters. The first-order valence-electron chi connectivity index (χ1n) is 3.18. The molecular formula is C4H12B3F. The van der Waals surface area contributed by atoms with Gasteiger partial charge in [-0.3, -0.25) is 0 Å². The molecule has 0 N–H and O–H groups in total. The van der Waals surface area contributed by atoms with Crippen molar-refractivity contribution in [3.05, 3.63) is 0 Å². The third-order valence-corrected chi connectivity index (χ3v) is 1.29. The van der Waals surface area contributed by atoms with Gasteiger partial charge < -0.3 is 4.32 Å². The van der Waals surface area contributed by atoms with E-state index in [9.17, 15) is 4.32 Å². The van der Waals surface area contributed by atoms with Gasteiger partial charge in [-0.1, -0.05) is 19.1 Å². The molecule has 0 bridgehead atoms. The van der Waals surface area contributed by atoms with Crippen LogP contribution >= 0.6 is 0 Å². The zero-order chi connectivity index (χ0) is 6.62. The molecule has 0 radical (unpaired) electrons. The second-order valence-corrected chi connectivity index (χ2v) is 3.05. The topological polar surface area (TPSA) is 0 Å². The van der Waals surface area contributed by atoms with Crippen LogP contribution in [-0.4, -0.2) is 22.7 Å². The first-order valence-corrected chi connectivity index (χ1v) is 3.18. The molecule has 44 valence electrons. The van der Waals surface area contributed by atoms with Crippen LogP contribution in [0.2, 0.25) is 11.4 Å². The van der Waals surface area contributed by atoms with E-state index in [1.165, 1.54) is 0 Å². The lowest BCUT2D eigenvalue weighted by Gasteiger charge is -2.15. The van der Waals surface area contributed by atoms with Crippen LogP contribution in [0.4, 0.5) is 4.32 Å². The molecule has 0 rings (SSSR count). The van der Waals surface area contributed by atoms with Crippen LogP contribution in [-0.2, 0) is 0 Å². The second kappa shape index (κ2) is 3.21. The molecule has 8 heavy (non-hydrogen) atoms. The highest BCUT2D eigenvalue weighted by molar-refractivity contribution is 6.62. The van der Waals surface area contributed by atoms with Gasteiger partial charge in [-0.25, -0.2) is 0 Å². The van der Waals surface area contributed by atoms with Crippen molar-refractivity contribution in [2.24, 2.45) is 0 Å². The summed E-state index contributed by atoms with van der Waals surface area (Å²) in [4.78, 5) is 0. The van der Waals surface area contributed by atoms with Crippen LogP contribution in [0.5, 0.6) is 0 Å². The Labute approximate surface area is 53.2 Å². The minimum atomic E-state index is -0.194. The minimum absolute atomic E-state index is 0.0747. The summed E-state index contributed by atoms with van der Waals surface area (Å²) in [6.07, 6.45) is 1.08. The highest BCUT2D eigenvalue weighted by atomic mass is 19.1. The molecule has 0 nitrogen and oxygen atoms in total. The quantitative estimate of drug-likeness (QED) is 0.447. The molecule has 0 saturated carbocycles. The minimum Gasteiger partial charge on any atom is -0.342 e. The molecule has 4 heteroatoms. The molecule has 0 aromatic carbocycles. The molecule has 0 heterocycles. The van der Waals surface area contributed by atoms with E-state index in [1.54, 1.807) is 0 Å². The van der Waals surface area contributed by atoms with Crippen molar-refractivity contribution in [3.8, 4) is 0 Å². The van der Waals surface area contributed by atoms with E-state index in [-0.39, 0.29) is 12.8 Å². The fourth-order valence-electron chi connectivity index (χ4n) is 0.744. The molecule has 0 aliphatic carbocycles. The maximum atomic E-state index is 12.0. The zero-order valence-electron chi connectivity index (χ0n) is 6.00. The van der Waals surface area contributed by atoms with Gasteiger partial charge in [0.25, 0.3) is 0 Å². The van der Waals surface area contributed by atoms with E-state index in [0.717, 1.165) is 13.5 Å². The van der Waals surface area contributed by atoms with Crippen molar-refractivity contribution >= 4 is 22.7 Å². The van der Waals surface area contributed by atoms with Gasteiger partial charge in [0.05, 0.1) is 7.85 Å². The number of hydrogen-bond donors (Lipinski definition) is 0. The van der Waals surface area contributed by atoms with Crippen molar-refractivity contribution in [1.82, 2.24) is 0 Å². The van der Waals surface area contributed by atoms with Gasteiger partial charge >= 0.3 is 7.56 Å². The Bertz CT molecular complexity index is 64.3. The monoisotopic (exact) mass is 112 g/mol. The third-order valence-electron chi connectivity index (χ3n) is 1.29. The van der Waals surface area contributed by atoms with Gasteiger partial charge in [-0.15, -0.1) is 6.22 Å². The van der Waals surface area contributed by atoms with Crippen LogP contribution in [0.15, 0.2) is 0 Å². The average molecular weight is 112 g/mol. The predicted octanol–water partition coefficient (Wildman–Crippen LogP) is -0.0912. The Morgan fingerprint density at radius 1 is 1.62 bits per heavy atom.